The van der Waals surface area contributed by atoms with Gasteiger partial charge in [0.15, 0.2) is 5.76 Å². The third-order valence-electron chi connectivity index (χ3n) is 3.83. The van der Waals surface area contributed by atoms with Gasteiger partial charge < -0.3 is 9.73 Å². The summed E-state index contributed by atoms with van der Waals surface area (Å²) in [5.74, 6) is 1.31. The van der Waals surface area contributed by atoms with Crippen LogP contribution in [0.1, 0.15) is 39.3 Å². The molecule has 0 aliphatic carbocycles. The molecule has 3 rings (SSSR count). The largest absolute Gasteiger partial charge is 0.463 e. The third kappa shape index (κ3) is 4.52. The van der Waals surface area contributed by atoms with E-state index >= 15 is 0 Å². The number of nitrogens with one attached hydrogen (secondary N) is 2. The molecule has 0 aliphatic heterocycles. The first-order chi connectivity index (χ1) is 13.0. The van der Waals surface area contributed by atoms with Crippen molar-refractivity contribution in [1.29, 1.82) is 0 Å². The normalized spacial score (nSPS) is 11.1. The van der Waals surface area contributed by atoms with Crippen LogP contribution in [0.2, 0.25) is 0 Å². The van der Waals surface area contributed by atoms with Crippen LogP contribution in [0.3, 0.4) is 0 Å². The molecule has 0 bridgehead atoms. The van der Waals surface area contributed by atoms with E-state index in [1.165, 1.54) is 10.7 Å². The van der Waals surface area contributed by atoms with Crippen LogP contribution in [-0.2, 0) is 11.2 Å². The lowest BCUT2D eigenvalue weighted by Crippen LogP contribution is -2.20. The van der Waals surface area contributed by atoms with E-state index in [0.717, 1.165) is 6.42 Å². The fourth-order valence-electron chi connectivity index (χ4n) is 2.72. The highest BCUT2D eigenvalue weighted by molar-refractivity contribution is 5.90. The highest BCUT2D eigenvalue weighted by atomic mass is 16.3. The van der Waals surface area contributed by atoms with Crippen molar-refractivity contribution in [3.05, 3.63) is 46.6 Å². The molecule has 0 aromatic carbocycles. The quantitative estimate of drug-likeness (QED) is 0.665. The van der Waals surface area contributed by atoms with E-state index in [1.807, 2.05) is 20.8 Å². The molecule has 0 unspecified atom stereocenters. The number of hydrogen-bond acceptors (Lipinski definition) is 5. The molecule has 3 aromatic heterocycles. The Morgan fingerprint density at radius 3 is 2.85 bits per heavy atom. The molecule has 0 saturated heterocycles. The molecule has 0 atom stereocenters. The van der Waals surface area contributed by atoms with Gasteiger partial charge in [-0.2, -0.15) is 9.78 Å². The fraction of sp³-hybridized carbons (Fsp3) is 0.368. The van der Waals surface area contributed by atoms with Crippen LogP contribution in [-0.4, -0.2) is 25.7 Å². The zero-order valence-corrected chi connectivity index (χ0v) is 15.7. The van der Waals surface area contributed by atoms with Crippen molar-refractivity contribution < 1.29 is 9.21 Å². The number of rotatable bonds is 7. The summed E-state index contributed by atoms with van der Waals surface area (Å²) in [7, 11) is 0. The molecule has 0 aliphatic rings. The number of aryl methyl sites for hydroxylation is 1. The summed E-state index contributed by atoms with van der Waals surface area (Å²) >= 11 is 0. The molecule has 142 valence electrons. The predicted octanol–water partition coefficient (Wildman–Crippen LogP) is 3.15. The monoisotopic (exact) mass is 369 g/mol. The van der Waals surface area contributed by atoms with Crippen LogP contribution in [0.5, 0.6) is 0 Å². The van der Waals surface area contributed by atoms with Gasteiger partial charge in [-0.25, -0.2) is 4.98 Å². The first kappa shape index (κ1) is 18.6. The number of carbonyl (C=O) groups excluding carboxylic acids is 1. The second kappa shape index (κ2) is 8.03. The summed E-state index contributed by atoms with van der Waals surface area (Å²) in [4.78, 5) is 31.5. The summed E-state index contributed by atoms with van der Waals surface area (Å²) in [5, 5.41) is 7.32. The Morgan fingerprint density at radius 2 is 2.19 bits per heavy atom. The fourth-order valence-corrected chi connectivity index (χ4v) is 2.72. The second-order valence-electron chi connectivity index (χ2n) is 6.76. The van der Waals surface area contributed by atoms with Gasteiger partial charge in [-0.1, -0.05) is 27.2 Å². The van der Waals surface area contributed by atoms with Gasteiger partial charge in [0, 0.05) is 24.2 Å². The first-order valence-electron chi connectivity index (χ1n) is 9.00. The maximum Gasteiger partial charge on any atom is 0.252 e. The minimum atomic E-state index is -0.266. The first-order valence-corrected chi connectivity index (χ1v) is 9.00. The summed E-state index contributed by atoms with van der Waals surface area (Å²) in [6.45, 7) is 5.96. The van der Waals surface area contributed by atoms with E-state index in [1.54, 1.807) is 24.5 Å². The van der Waals surface area contributed by atoms with Crippen LogP contribution in [0.4, 0.5) is 5.82 Å². The molecule has 27 heavy (non-hydrogen) atoms. The van der Waals surface area contributed by atoms with Crippen LogP contribution >= 0.6 is 0 Å². The van der Waals surface area contributed by atoms with Crippen LogP contribution < -0.4 is 10.9 Å². The number of furan rings is 1. The summed E-state index contributed by atoms with van der Waals surface area (Å²) in [5.41, 5.74) is 0.937. The number of amides is 1. The lowest BCUT2D eigenvalue weighted by molar-refractivity contribution is -0.116. The average Bonchev–Trinajstić information content (AvgIpc) is 3.23. The Bertz CT molecular complexity index is 970. The molecule has 0 saturated carbocycles. The standard InChI is InChI=1S/C19H23N5O3/c1-4-6-13-10-18(26)22-19(20-13)24-16(21-17(25)9-12(2)3)11-14(23-24)15-7-5-8-27-15/h5,7-8,10-12H,4,6,9H2,1-3H3,(H,21,25)(H,20,22,26). The predicted molar refractivity (Wildman–Crippen MR) is 102 cm³/mol. The number of H-pyrrole nitrogens is 1. The minimum absolute atomic E-state index is 0.135. The van der Waals surface area contributed by atoms with Gasteiger partial charge in [0.1, 0.15) is 11.5 Å². The summed E-state index contributed by atoms with van der Waals surface area (Å²) < 4.78 is 6.83. The number of aromatic amines is 1. The van der Waals surface area contributed by atoms with E-state index in [-0.39, 0.29) is 23.3 Å². The van der Waals surface area contributed by atoms with Gasteiger partial charge in [-0.15, -0.1) is 0 Å². The van der Waals surface area contributed by atoms with E-state index in [9.17, 15) is 9.59 Å². The highest BCUT2D eigenvalue weighted by Crippen LogP contribution is 2.24. The van der Waals surface area contributed by atoms with Gasteiger partial charge in [-0.05, 0) is 24.5 Å². The lowest BCUT2D eigenvalue weighted by atomic mass is 10.1. The zero-order valence-electron chi connectivity index (χ0n) is 15.7. The zero-order chi connectivity index (χ0) is 19.4. The van der Waals surface area contributed by atoms with Crippen molar-refractivity contribution in [1.82, 2.24) is 19.7 Å². The molecule has 3 aromatic rings. The second-order valence-corrected chi connectivity index (χ2v) is 6.76. The van der Waals surface area contributed by atoms with Gasteiger partial charge in [0.25, 0.3) is 5.56 Å². The Labute approximate surface area is 156 Å². The number of anilines is 1. The third-order valence-corrected chi connectivity index (χ3v) is 3.83. The molecule has 0 fully saturated rings. The minimum Gasteiger partial charge on any atom is -0.463 e. The molecular weight excluding hydrogens is 346 g/mol. The topological polar surface area (TPSA) is 106 Å². The number of aromatic nitrogens is 4. The molecule has 0 spiro atoms. The molecule has 1 amide bonds. The maximum absolute atomic E-state index is 12.3. The van der Waals surface area contributed by atoms with Gasteiger partial charge in [0.05, 0.1) is 6.26 Å². The van der Waals surface area contributed by atoms with Crippen molar-refractivity contribution >= 4 is 11.7 Å². The van der Waals surface area contributed by atoms with Crippen LogP contribution in [0.25, 0.3) is 17.4 Å². The Balaban J connectivity index is 2.04. The van der Waals surface area contributed by atoms with E-state index in [2.05, 4.69) is 20.4 Å². The van der Waals surface area contributed by atoms with Crippen molar-refractivity contribution in [2.75, 3.05) is 5.32 Å². The molecule has 3 heterocycles. The molecular formula is C19H23N5O3. The number of carbonyl (C=O) groups is 1. The van der Waals surface area contributed by atoms with Gasteiger partial charge in [-0.3, -0.25) is 14.6 Å². The number of hydrogen-bond donors (Lipinski definition) is 2. The molecule has 8 heteroatoms. The molecule has 8 nitrogen and oxygen atoms in total. The summed E-state index contributed by atoms with van der Waals surface area (Å²) in [6, 6.07) is 6.70. The van der Waals surface area contributed by atoms with Crippen LogP contribution in [0.15, 0.2) is 39.7 Å². The van der Waals surface area contributed by atoms with E-state index in [4.69, 9.17) is 4.42 Å². The number of nitrogens with zero attached hydrogens (tertiary/aromatic N) is 3. The molecule has 2 N–H and O–H groups in total. The Hall–Kier alpha value is -3.16. The maximum atomic E-state index is 12.3. The lowest BCUT2D eigenvalue weighted by Gasteiger charge is -2.10. The molecule has 0 radical (unpaired) electrons. The van der Waals surface area contributed by atoms with E-state index in [0.29, 0.717) is 35.8 Å². The Kier molecular flexibility index (Phi) is 5.54. The van der Waals surface area contributed by atoms with Crippen molar-refractivity contribution in [3.8, 4) is 17.4 Å². The Morgan fingerprint density at radius 1 is 1.37 bits per heavy atom. The van der Waals surface area contributed by atoms with Crippen LogP contribution in [0, 0.1) is 5.92 Å². The SMILES string of the molecule is CCCc1cc(=O)[nH]c(-n2nc(-c3ccco3)cc2NC(=O)CC(C)C)n1. The van der Waals surface area contributed by atoms with Gasteiger partial charge >= 0.3 is 0 Å². The van der Waals surface area contributed by atoms with E-state index < -0.39 is 0 Å². The van der Waals surface area contributed by atoms with Crippen molar-refractivity contribution in [2.24, 2.45) is 5.92 Å². The average molecular weight is 369 g/mol. The summed E-state index contributed by atoms with van der Waals surface area (Å²) in [6.07, 6.45) is 3.47. The van der Waals surface area contributed by atoms with Gasteiger partial charge in [0.2, 0.25) is 11.9 Å². The smallest absolute Gasteiger partial charge is 0.252 e. The van der Waals surface area contributed by atoms with Crippen molar-refractivity contribution in [3.63, 3.8) is 0 Å². The van der Waals surface area contributed by atoms with Crippen molar-refractivity contribution in [2.45, 2.75) is 40.0 Å². The highest BCUT2D eigenvalue weighted by Gasteiger charge is 2.17.